The first-order chi connectivity index (χ1) is 15.0. The summed E-state index contributed by atoms with van der Waals surface area (Å²) in [6.45, 7) is 0.373. The number of anilines is 2. The highest BCUT2D eigenvalue weighted by Gasteiger charge is 2.19. The number of benzene rings is 1. The molecule has 1 saturated heterocycles. The highest BCUT2D eigenvalue weighted by atomic mass is 32.1. The standard InChI is InChI=1S/C21H23F2N5O2S/c22-21(23)30-17-12-16(28-8-6-25-7-9-28)15(24)10-13(17)3-5-26-19(29)18-11-14-2-1-4-27-20(14)31-18/h1-2,4,10-12,21,25H,3,5-9,24H2,(H,26,29). The number of fused-ring (bicyclic) bond motifs is 1. The zero-order chi connectivity index (χ0) is 21.8. The summed E-state index contributed by atoms with van der Waals surface area (Å²) < 4.78 is 30.8. The lowest BCUT2D eigenvalue weighted by atomic mass is 10.1. The van der Waals surface area contributed by atoms with Gasteiger partial charge in [-0.3, -0.25) is 4.79 Å². The molecule has 3 heterocycles. The second-order valence-electron chi connectivity index (χ2n) is 7.15. The molecule has 4 rings (SSSR count). The van der Waals surface area contributed by atoms with Crippen LogP contribution in [-0.4, -0.2) is 50.2 Å². The van der Waals surface area contributed by atoms with Gasteiger partial charge < -0.3 is 26.0 Å². The molecule has 164 valence electrons. The minimum absolute atomic E-state index is 0.0815. The van der Waals surface area contributed by atoms with Crippen molar-refractivity contribution in [3.8, 4) is 5.75 Å². The van der Waals surface area contributed by atoms with Crippen LogP contribution in [0.5, 0.6) is 5.75 Å². The van der Waals surface area contributed by atoms with Gasteiger partial charge in [0.15, 0.2) is 0 Å². The van der Waals surface area contributed by atoms with Gasteiger partial charge >= 0.3 is 6.61 Å². The lowest BCUT2D eigenvalue weighted by Gasteiger charge is -2.31. The zero-order valence-electron chi connectivity index (χ0n) is 16.7. The second-order valence-corrected chi connectivity index (χ2v) is 8.18. The number of pyridine rings is 1. The predicted molar refractivity (Wildman–Crippen MR) is 118 cm³/mol. The first-order valence-corrected chi connectivity index (χ1v) is 10.8. The lowest BCUT2D eigenvalue weighted by molar-refractivity contribution is -0.0504. The Morgan fingerprint density at radius 1 is 1.32 bits per heavy atom. The van der Waals surface area contributed by atoms with Crippen molar-refractivity contribution in [2.75, 3.05) is 43.4 Å². The van der Waals surface area contributed by atoms with Crippen LogP contribution in [0.2, 0.25) is 0 Å². The van der Waals surface area contributed by atoms with E-state index in [-0.39, 0.29) is 18.2 Å². The Morgan fingerprint density at radius 3 is 2.87 bits per heavy atom. The Balaban J connectivity index is 1.46. The molecule has 1 aliphatic heterocycles. The monoisotopic (exact) mass is 447 g/mol. The molecule has 0 aliphatic carbocycles. The normalized spacial score (nSPS) is 14.2. The van der Waals surface area contributed by atoms with Crippen LogP contribution < -0.4 is 26.0 Å². The molecule has 4 N–H and O–H groups in total. The second kappa shape index (κ2) is 9.44. The maximum absolute atomic E-state index is 13.0. The molecule has 1 aliphatic rings. The number of alkyl halides is 2. The fraction of sp³-hybridized carbons (Fsp3) is 0.333. The predicted octanol–water partition coefficient (Wildman–Crippen LogP) is 2.86. The number of carbonyl (C=O) groups excluding carboxylic acids is 1. The maximum Gasteiger partial charge on any atom is 0.387 e. The number of amides is 1. The average molecular weight is 448 g/mol. The van der Waals surface area contributed by atoms with Crippen LogP contribution in [0.3, 0.4) is 0 Å². The summed E-state index contributed by atoms with van der Waals surface area (Å²) in [6.07, 6.45) is 1.99. The number of halogens is 2. The molecular weight excluding hydrogens is 424 g/mol. The number of piperazine rings is 1. The van der Waals surface area contributed by atoms with Crippen LogP contribution in [0.25, 0.3) is 10.2 Å². The van der Waals surface area contributed by atoms with Crippen LogP contribution in [0.4, 0.5) is 20.2 Å². The average Bonchev–Trinajstić information content (AvgIpc) is 3.20. The van der Waals surface area contributed by atoms with E-state index >= 15 is 0 Å². The van der Waals surface area contributed by atoms with Crippen LogP contribution in [0, 0.1) is 0 Å². The van der Waals surface area contributed by atoms with E-state index in [0.29, 0.717) is 28.2 Å². The minimum Gasteiger partial charge on any atom is -0.434 e. The van der Waals surface area contributed by atoms with Gasteiger partial charge in [0.25, 0.3) is 5.91 Å². The Morgan fingerprint density at radius 2 is 2.13 bits per heavy atom. The van der Waals surface area contributed by atoms with Crippen molar-refractivity contribution in [2.24, 2.45) is 0 Å². The van der Waals surface area contributed by atoms with Crippen LogP contribution >= 0.6 is 11.3 Å². The third-order valence-electron chi connectivity index (χ3n) is 5.08. The fourth-order valence-corrected chi connectivity index (χ4v) is 4.51. The number of ether oxygens (including phenoxy) is 1. The third-order valence-corrected chi connectivity index (χ3v) is 6.14. The number of nitrogens with two attached hydrogens (primary N) is 1. The van der Waals surface area contributed by atoms with Crippen LogP contribution in [0.15, 0.2) is 36.5 Å². The van der Waals surface area contributed by atoms with Gasteiger partial charge in [0.1, 0.15) is 10.6 Å². The van der Waals surface area contributed by atoms with Gasteiger partial charge in [-0.05, 0) is 30.2 Å². The topological polar surface area (TPSA) is 92.5 Å². The number of carbonyl (C=O) groups is 1. The van der Waals surface area contributed by atoms with E-state index in [1.54, 1.807) is 24.4 Å². The van der Waals surface area contributed by atoms with E-state index in [2.05, 4.69) is 15.6 Å². The quantitative estimate of drug-likeness (QED) is 0.483. The van der Waals surface area contributed by atoms with Crippen molar-refractivity contribution in [1.82, 2.24) is 15.6 Å². The molecule has 0 radical (unpaired) electrons. The van der Waals surface area contributed by atoms with E-state index in [1.807, 2.05) is 17.0 Å². The van der Waals surface area contributed by atoms with Gasteiger partial charge in [0, 0.05) is 50.4 Å². The summed E-state index contributed by atoms with van der Waals surface area (Å²) in [7, 11) is 0. The first-order valence-electron chi connectivity index (χ1n) is 9.97. The molecule has 0 spiro atoms. The summed E-state index contributed by atoms with van der Waals surface area (Å²) in [5, 5.41) is 6.98. The molecule has 7 nitrogen and oxygen atoms in total. The molecule has 31 heavy (non-hydrogen) atoms. The van der Waals surface area contributed by atoms with Crippen molar-refractivity contribution >= 4 is 38.8 Å². The third kappa shape index (κ3) is 5.02. The van der Waals surface area contributed by atoms with E-state index in [0.717, 1.165) is 36.4 Å². The number of hydrogen-bond acceptors (Lipinski definition) is 7. The number of thiophene rings is 1. The van der Waals surface area contributed by atoms with Gasteiger partial charge in [-0.15, -0.1) is 11.3 Å². The highest BCUT2D eigenvalue weighted by molar-refractivity contribution is 7.20. The summed E-state index contributed by atoms with van der Waals surface area (Å²) in [4.78, 5) is 20.1. The Kier molecular flexibility index (Phi) is 6.47. The van der Waals surface area contributed by atoms with Crippen LogP contribution in [-0.2, 0) is 6.42 Å². The van der Waals surface area contributed by atoms with E-state index in [9.17, 15) is 13.6 Å². The number of nitrogens with zero attached hydrogens (tertiary/aromatic N) is 2. The number of aromatic nitrogens is 1. The largest absolute Gasteiger partial charge is 0.434 e. The number of rotatable bonds is 7. The Bertz CT molecular complexity index is 1040. The smallest absolute Gasteiger partial charge is 0.387 e. The number of nitrogens with one attached hydrogen (secondary N) is 2. The van der Waals surface area contributed by atoms with E-state index in [4.69, 9.17) is 10.5 Å². The molecule has 1 amide bonds. The molecule has 1 fully saturated rings. The van der Waals surface area contributed by atoms with E-state index in [1.165, 1.54) is 11.3 Å². The van der Waals surface area contributed by atoms with Crippen molar-refractivity contribution in [3.63, 3.8) is 0 Å². The summed E-state index contributed by atoms with van der Waals surface area (Å²) in [6, 6.07) is 8.72. The SMILES string of the molecule is Nc1cc(CCNC(=O)c2cc3cccnc3s2)c(OC(F)F)cc1N1CCNCC1. The molecule has 10 heteroatoms. The first kappa shape index (κ1) is 21.3. The van der Waals surface area contributed by atoms with Crippen molar-refractivity contribution < 1.29 is 18.3 Å². The number of hydrogen-bond donors (Lipinski definition) is 3. The van der Waals surface area contributed by atoms with Gasteiger partial charge in [0.05, 0.1) is 16.3 Å². The van der Waals surface area contributed by atoms with Gasteiger partial charge in [-0.1, -0.05) is 6.07 Å². The molecule has 0 atom stereocenters. The molecule has 2 aromatic heterocycles. The summed E-state index contributed by atoms with van der Waals surface area (Å²) in [5.74, 6) is -0.150. The lowest BCUT2D eigenvalue weighted by Crippen LogP contribution is -2.43. The Labute approximate surface area is 182 Å². The summed E-state index contributed by atoms with van der Waals surface area (Å²) in [5.41, 5.74) is 7.93. The van der Waals surface area contributed by atoms with Crippen LogP contribution in [0.1, 0.15) is 15.2 Å². The van der Waals surface area contributed by atoms with Crippen molar-refractivity contribution in [1.29, 1.82) is 0 Å². The van der Waals surface area contributed by atoms with Gasteiger partial charge in [-0.25, -0.2) is 4.98 Å². The Hall–Kier alpha value is -2.98. The number of nitrogen functional groups attached to an aromatic ring is 1. The molecule has 0 bridgehead atoms. The van der Waals surface area contributed by atoms with Gasteiger partial charge in [-0.2, -0.15) is 8.78 Å². The molecule has 1 aromatic carbocycles. The van der Waals surface area contributed by atoms with Crippen molar-refractivity contribution in [2.45, 2.75) is 13.0 Å². The minimum atomic E-state index is -2.95. The van der Waals surface area contributed by atoms with Crippen molar-refractivity contribution in [3.05, 3.63) is 47.0 Å². The maximum atomic E-state index is 13.0. The zero-order valence-corrected chi connectivity index (χ0v) is 17.6. The molecular formula is C21H23F2N5O2S. The van der Waals surface area contributed by atoms with Gasteiger partial charge in [0.2, 0.25) is 0 Å². The highest BCUT2D eigenvalue weighted by Crippen LogP contribution is 2.33. The van der Waals surface area contributed by atoms with E-state index < -0.39 is 6.61 Å². The molecule has 3 aromatic rings. The molecule has 0 saturated carbocycles. The summed E-state index contributed by atoms with van der Waals surface area (Å²) >= 11 is 1.31. The fourth-order valence-electron chi connectivity index (χ4n) is 3.60. The molecule has 0 unspecified atom stereocenters.